The van der Waals surface area contributed by atoms with Crippen LogP contribution in [-0.2, 0) is 4.79 Å². The molecule has 0 radical (unpaired) electrons. The van der Waals surface area contributed by atoms with Gasteiger partial charge in [-0.05, 0) is 36.1 Å². The van der Waals surface area contributed by atoms with Crippen LogP contribution in [0.25, 0.3) is 11.1 Å². The fourth-order valence-electron chi connectivity index (χ4n) is 2.35. The second kappa shape index (κ2) is 9.50. The highest BCUT2D eigenvalue weighted by atomic mass is 16.2. The average Bonchev–Trinajstić information content (AvgIpc) is 2.65. The van der Waals surface area contributed by atoms with Crippen molar-refractivity contribution in [2.45, 2.75) is 26.2 Å². The van der Waals surface area contributed by atoms with Gasteiger partial charge in [0.2, 0.25) is 5.91 Å². The van der Waals surface area contributed by atoms with E-state index in [0.29, 0.717) is 25.1 Å². The molecule has 2 aromatic rings. The van der Waals surface area contributed by atoms with Gasteiger partial charge in [0.05, 0.1) is 0 Å². The highest BCUT2D eigenvalue weighted by Crippen LogP contribution is 2.19. The summed E-state index contributed by atoms with van der Waals surface area (Å²) in [5.41, 5.74) is 2.89. The molecule has 126 valence electrons. The minimum atomic E-state index is -0.0628. The Bertz CT molecular complexity index is 651. The Morgan fingerprint density at radius 3 is 2.00 bits per heavy atom. The molecule has 2 rings (SSSR count). The zero-order chi connectivity index (χ0) is 17.2. The molecule has 0 saturated carbocycles. The molecule has 2 N–H and O–H groups in total. The van der Waals surface area contributed by atoms with E-state index < -0.39 is 0 Å². The fourth-order valence-corrected chi connectivity index (χ4v) is 2.35. The third-order valence-corrected chi connectivity index (χ3v) is 3.79. The van der Waals surface area contributed by atoms with E-state index in [4.69, 9.17) is 0 Å². The van der Waals surface area contributed by atoms with Gasteiger partial charge >= 0.3 is 0 Å². The lowest BCUT2D eigenvalue weighted by Crippen LogP contribution is -2.26. The second-order valence-electron chi connectivity index (χ2n) is 5.61. The van der Waals surface area contributed by atoms with Crippen LogP contribution >= 0.6 is 0 Å². The summed E-state index contributed by atoms with van der Waals surface area (Å²) in [6.07, 6.45) is 2.21. The minimum Gasteiger partial charge on any atom is -0.356 e. The predicted octanol–water partition coefficient (Wildman–Crippen LogP) is 3.39. The van der Waals surface area contributed by atoms with Crippen molar-refractivity contribution < 1.29 is 9.59 Å². The van der Waals surface area contributed by atoms with Gasteiger partial charge in [-0.3, -0.25) is 9.59 Å². The highest BCUT2D eigenvalue weighted by Gasteiger charge is 2.05. The molecule has 0 aliphatic heterocycles. The lowest BCUT2D eigenvalue weighted by Gasteiger charge is -2.07. The maximum absolute atomic E-state index is 12.1. The predicted molar refractivity (Wildman–Crippen MR) is 96.7 cm³/mol. The van der Waals surface area contributed by atoms with Crippen LogP contribution in [0.4, 0.5) is 0 Å². The Hall–Kier alpha value is -2.62. The number of benzene rings is 2. The van der Waals surface area contributed by atoms with Crippen molar-refractivity contribution in [1.82, 2.24) is 10.6 Å². The van der Waals surface area contributed by atoms with E-state index in [0.717, 1.165) is 24.0 Å². The first-order valence-electron chi connectivity index (χ1n) is 8.41. The summed E-state index contributed by atoms with van der Waals surface area (Å²) >= 11 is 0. The molecule has 0 bridgehead atoms. The summed E-state index contributed by atoms with van der Waals surface area (Å²) < 4.78 is 0. The molecule has 0 fully saturated rings. The third kappa shape index (κ3) is 5.54. The molecule has 0 aliphatic carbocycles. The van der Waals surface area contributed by atoms with Gasteiger partial charge in [0.1, 0.15) is 0 Å². The van der Waals surface area contributed by atoms with E-state index in [1.54, 1.807) is 0 Å². The molecule has 0 heterocycles. The summed E-state index contributed by atoms with van der Waals surface area (Å²) in [5.74, 6) is 0.00440. The molecule has 4 heteroatoms. The van der Waals surface area contributed by atoms with Gasteiger partial charge in [0.25, 0.3) is 5.91 Å². The number of amides is 2. The maximum atomic E-state index is 12.1. The zero-order valence-electron chi connectivity index (χ0n) is 14.0. The third-order valence-electron chi connectivity index (χ3n) is 3.79. The van der Waals surface area contributed by atoms with Crippen LogP contribution in [0, 0.1) is 0 Å². The number of carbonyl (C=O) groups is 2. The van der Waals surface area contributed by atoms with Gasteiger partial charge < -0.3 is 10.6 Å². The molecular weight excluding hydrogens is 300 g/mol. The van der Waals surface area contributed by atoms with Crippen molar-refractivity contribution in [3.8, 4) is 11.1 Å². The van der Waals surface area contributed by atoms with Crippen molar-refractivity contribution in [2.75, 3.05) is 13.1 Å². The Kier molecular flexibility index (Phi) is 7.02. The lowest BCUT2D eigenvalue weighted by atomic mass is 10.0. The summed E-state index contributed by atoms with van der Waals surface area (Å²) in [5, 5.41) is 5.73. The Morgan fingerprint density at radius 1 is 0.792 bits per heavy atom. The van der Waals surface area contributed by atoms with E-state index in [-0.39, 0.29) is 11.8 Å². The second-order valence-corrected chi connectivity index (χ2v) is 5.61. The van der Waals surface area contributed by atoms with Gasteiger partial charge in [-0.2, -0.15) is 0 Å². The van der Waals surface area contributed by atoms with Crippen LogP contribution in [0.3, 0.4) is 0 Å². The van der Waals surface area contributed by atoms with Crippen molar-refractivity contribution >= 4 is 11.8 Å². The highest BCUT2D eigenvalue weighted by molar-refractivity contribution is 5.94. The van der Waals surface area contributed by atoms with E-state index in [1.807, 2.05) is 61.5 Å². The van der Waals surface area contributed by atoms with Crippen LogP contribution < -0.4 is 10.6 Å². The van der Waals surface area contributed by atoms with E-state index in [9.17, 15) is 9.59 Å². The first-order chi connectivity index (χ1) is 11.7. The van der Waals surface area contributed by atoms with Gasteiger partial charge in [0, 0.05) is 25.1 Å². The lowest BCUT2D eigenvalue weighted by molar-refractivity contribution is -0.120. The molecule has 2 aromatic carbocycles. The Morgan fingerprint density at radius 2 is 1.38 bits per heavy atom. The largest absolute Gasteiger partial charge is 0.356 e. The summed E-state index contributed by atoms with van der Waals surface area (Å²) in [6.45, 7) is 3.11. The van der Waals surface area contributed by atoms with Crippen molar-refractivity contribution in [3.63, 3.8) is 0 Å². The topological polar surface area (TPSA) is 58.2 Å². The molecule has 0 aliphatic rings. The Labute approximate surface area is 143 Å². The molecular formula is C20H24N2O2. The number of hydrogen-bond acceptors (Lipinski definition) is 2. The Balaban J connectivity index is 1.74. The fraction of sp³-hybridized carbons (Fsp3) is 0.300. The normalized spacial score (nSPS) is 10.2. The van der Waals surface area contributed by atoms with E-state index >= 15 is 0 Å². The first kappa shape index (κ1) is 17.7. The molecule has 0 aromatic heterocycles. The first-order valence-corrected chi connectivity index (χ1v) is 8.41. The molecule has 24 heavy (non-hydrogen) atoms. The van der Waals surface area contributed by atoms with E-state index in [1.165, 1.54) is 0 Å². The molecule has 2 amide bonds. The van der Waals surface area contributed by atoms with Gasteiger partial charge in [-0.25, -0.2) is 0 Å². The van der Waals surface area contributed by atoms with Gasteiger partial charge in [-0.15, -0.1) is 0 Å². The number of hydrogen-bond donors (Lipinski definition) is 2. The maximum Gasteiger partial charge on any atom is 0.251 e. The van der Waals surface area contributed by atoms with Crippen molar-refractivity contribution in [2.24, 2.45) is 0 Å². The van der Waals surface area contributed by atoms with Crippen molar-refractivity contribution in [1.29, 1.82) is 0 Å². The summed E-state index contributed by atoms with van der Waals surface area (Å²) in [6, 6.07) is 17.7. The van der Waals surface area contributed by atoms with Crippen LogP contribution in [-0.4, -0.2) is 24.9 Å². The molecule has 4 nitrogen and oxygen atoms in total. The monoisotopic (exact) mass is 324 g/mol. The van der Waals surface area contributed by atoms with Crippen LogP contribution in [0.2, 0.25) is 0 Å². The minimum absolute atomic E-state index is 0.0628. The number of rotatable bonds is 8. The number of carbonyl (C=O) groups excluding carboxylic acids is 2. The van der Waals surface area contributed by atoms with Gasteiger partial charge in [0.15, 0.2) is 0 Å². The van der Waals surface area contributed by atoms with Crippen LogP contribution in [0.1, 0.15) is 36.5 Å². The molecule has 0 atom stereocenters. The van der Waals surface area contributed by atoms with Crippen LogP contribution in [0.5, 0.6) is 0 Å². The molecule has 0 saturated heterocycles. The van der Waals surface area contributed by atoms with Crippen molar-refractivity contribution in [3.05, 3.63) is 60.2 Å². The zero-order valence-corrected chi connectivity index (χ0v) is 14.0. The van der Waals surface area contributed by atoms with Gasteiger partial charge in [-0.1, -0.05) is 49.4 Å². The number of unbranched alkanes of at least 4 members (excludes halogenated alkanes) is 1. The quantitative estimate of drug-likeness (QED) is 0.731. The molecule has 0 spiro atoms. The smallest absolute Gasteiger partial charge is 0.251 e. The van der Waals surface area contributed by atoms with E-state index in [2.05, 4.69) is 10.6 Å². The average molecular weight is 324 g/mol. The standard InChI is InChI=1S/C20H24N2O2/c1-2-19(23)21-14-6-7-15-22-20(24)18-12-10-17(11-13-18)16-8-4-3-5-9-16/h3-5,8-13H,2,6-7,14-15H2,1H3,(H,21,23)(H,22,24). The summed E-state index contributed by atoms with van der Waals surface area (Å²) in [7, 11) is 0. The number of nitrogens with one attached hydrogen (secondary N) is 2. The van der Waals surface area contributed by atoms with Crippen LogP contribution in [0.15, 0.2) is 54.6 Å². The summed E-state index contributed by atoms with van der Waals surface area (Å²) in [4.78, 5) is 23.2. The SMILES string of the molecule is CCC(=O)NCCCCNC(=O)c1ccc(-c2ccccc2)cc1. The molecule has 0 unspecified atom stereocenters.